The number of benzene rings is 1. The summed E-state index contributed by atoms with van der Waals surface area (Å²) < 4.78 is 5.65. The predicted molar refractivity (Wildman–Crippen MR) is 80.3 cm³/mol. The normalized spacial score (nSPS) is 20.8. The summed E-state index contributed by atoms with van der Waals surface area (Å²) in [5, 5.41) is 3.68. The molecule has 106 valence electrons. The van der Waals surface area contributed by atoms with Gasteiger partial charge < -0.3 is 10.1 Å². The van der Waals surface area contributed by atoms with Gasteiger partial charge in [-0.25, -0.2) is 0 Å². The fourth-order valence-corrected chi connectivity index (χ4v) is 2.97. The van der Waals surface area contributed by atoms with Crippen LogP contribution in [-0.2, 0) is 11.2 Å². The first-order valence-corrected chi connectivity index (χ1v) is 7.39. The molecule has 19 heavy (non-hydrogen) atoms. The van der Waals surface area contributed by atoms with Crippen LogP contribution in [-0.4, -0.2) is 19.8 Å². The minimum absolute atomic E-state index is 0.293. The zero-order valence-electron chi connectivity index (χ0n) is 12.7. The lowest BCUT2D eigenvalue weighted by Gasteiger charge is -2.28. The van der Waals surface area contributed by atoms with Crippen molar-refractivity contribution in [3.63, 3.8) is 0 Å². The van der Waals surface area contributed by atoms with E-state index in [0.717, 1.165) is 26.2 Å². The minimum atomic E-state index is 0.293. The van der Waals surface area contributed by atoms with Crippen LogP contribution in [0.3, 0.4) is 0 Å². The Morgan fingerprint density at radius 2 is 2.05 bits per heavy atom. The molecule has 0 aliphatic heterocycles. The summed E-state index contributed by atoms with van der Waals surface area (Å²) in [6, 6.07) is 9.25. The van der Waals surface area contributed by atoms with Gasteiger partial charge in [0, 0.05) is 19.2 Å². The Bertz CT molecular complexity index is 411. The fourth-order valence-electron chi connectivity index (χ4n) is 2.97. The van der Waals surface area contributed by atoms with Gasteiger partial charge >= 0.3 is 0 Å². The van der Waals surface area contributed by atoms with E-state index in [4.69, 9.17) is 4.74 Å². The van der Waals surface area contributed by atoms with E-state index >= 15 is 0 Å². The number of hydrogen-bond acceptors (Lipinski definition) is 2. The molecular weight excluding hydrogens is 234 g/mol. The van der Waals surface area contributed by atoms with E-state index in [9.17, 15) is 0 Å². The summed E-state index contributed by atoms with van der Waals surface area (Å²) in [6.07, 6.45) is 1.16. The third-order valence-electron chi connectivity index (χ3n) is 3.84. The quantitative estimate of drug-likeness (QED) is 0.790. The van der Waals surface area contributed by atoms with Crippen LogP contribution in [0.5, 0.6) is 0 Å². The van der Waals surface area contributed by atoms with Gasteiger partial charge in [-0.05, 0) is 28.9 Å². The Kier molecular flexibility index (Phi) is 4.64. The van der Waals surface area contributed by atoms with Crippen molar-refractivity contribution >= 4 is 0 Å². The van der Waals surface area contributed by atoms with Gasteiger partial charge in [-0.15, -0.1) is 0 Å². The molecule has 1 aromatic carbocycles. The second kappa shape index (κ2) is 6.06. The molecule has 0 spiro atoms. The van der Waals surface area contributed by atoms with Crippen molar-refractivity contribution in [3.05, 3.63) is 35.4 Å². The summed E-state index contributed by atoms with van der Waals surface area (Å²) >= 11 is 0. The highest BCUT2D eigenvalue weighted by atomic mass is 16.5. The monoisotopic (exact) mass is 261 g/mol. The Morgan fingerprint density at radius 1 is 1.32 bits per heavy atom. The maximum absolute atomic E-state index is 5.65. The van der Waals surface area contributed by atoms with E-state index in [1.54, 1.807) is 0 Å². The van der Waals surface area contributed by atoms with Gasteiger partial charge in [-0.2, -0.15) is 0 Å². The number of ether oxygens (including phenoxy) is 1. The predicted octanol–water partition coefficient (Wildman–Crippen LogP) is 3.57. The van der Waals surface area contributed by atoms with E-state index in [-0.39, 0.29) is 0 Å². The molecule has 0 fully saturated rings. The van der Waals surface area contributed by atoms with E-state index in [2.05, 4.69) is 57.3 Å². The van der Waals surface area contributed by atoms with E-state index in [0.29, 0.717) is 17.4 Å². The van der Waals surface area contributed by atoms with Gasteiger partial charge in [0.2, 0.25) is 0 Å². The van der Waals surface area contributed by atoms with Crippen LogP contribution in [0.1, 0.15) is 44.9 Å². The molecular formula is C17H27NO. The number of fused-ring (bicyclic) bond motifs is 1. The molecule has 2 rings (SSSR count). The first-order chi connectivity index (χ1) is 9.00. The largest absolute Gasteiger partial charge is 0.380 e. The summed E-state index contributed by atoms with van der Waals surface area (Å²) in [4.78, 5) is 0. The molecule has 0 radical (unpaired) electrons. The highest BCUT2D eigenvalue weighted by Gasteiger charge is 2.37. The molecule has 1 atom stereocenters. The lowest BCUT2D eigenvalue weighted by atomic mass is 9.85. The zero-order chi connectivity index (χ0) is 13.9. The third-order valence-corrected chi connectivity index (χ3v) is 3.84. The van der Waals surface area contributed by atoms with Gasteiger partial charge in [0.1, 0.15) is 0 Å². The van der Waals surface area contributed by atoms with E-state index in [1.165, 1.54) is 11.1 Å². The highest BCUT2D eigenvalue weighted by Crippen LogP contribution is 2.44. The van der Waals surface area contributed by atoms with Crippen molar-refractivity contribution in [2.75, 3.05) is 19.8 Å². The van der Waals surface area contributed by atoms with Gasteiger partial charge in [0.15, 0.2) is 0 Å². The van der Waals surface area contributed by atoms with Crippen molar-refractivity contribution in [1.82, 2.24) is 5.32 Å². The minimum Gasteiger partial charge on any atom is -0.380 e. The van der Waals surface area contributed by atoms with Gasteiger partial charge in [0.25, 0.3) is 0 Å². The van der Waals surface area contributed by atoms with Crippen molar-refractivity contribution in [2.24, 2.45) is 11.3 Å². The van der Waals surface area contributed by atoms with Gasteiger partial charge in [0.05, 0.1) is 6.61 Å². The van der Waals surface area contributed by atoms with Gasteiger partial charge in [-0.3, -0.25) is 0 Å². The Morgan fingerprint density at radius 3 is 2.79 bits per heavy atom. The first kappa shape index (κ1) is 14.5. The maximum Gasteiger partial charge on any atom is 0.0591 e. The number of nitrogens with one attached hydrogen (secondary N) is 1. The standard InChI is InChI=1S/C17H27NO/c1-13(2)12-19-10-9-18-16-15-8-6-5-7-14(15)11-17(16,3)4/h5-8,13,16,18H,9-12H2,1-4H3. The molecule has 0 heterocycles. The number of rotatable bonds is 6. The topological polar surface area (TPSA) is 21.3 Å². The average molecular weight is 261 g/mol. The molecule has 1 aliphatic rings. The SMILES string of the molecule is CC(C)COCCNC1c2ccccc2CC1(C)C. The van der Waals surface area contributed by atoms with Crippen molar-refractivity contribution in [2.45, 2.75) is 40.2 Å². The molecule has 2 heteroatoms. The van der Waals surface area contributed by atoms with Crippen molar-refractivity contribution in [3.8, 4) is 0 Å². The van der Waals surface area contributed by atoms with Crippen LogP contribution in [0, 0.1) is 11.3 Å². The van der Waals surface area contributed by atoms with Crippen molar-refractivity contribution in [1.29, 1.82) is 0 Å². The molecule has 0 saturated carbocycles. The molecule has 0 bridgehead atoms. The van der Waals surface area contributed by atoms with Crippen LogP contribution in [0.4, 0.5) is 0 Å². The molecule has 1 aliphatic carbocycles. The van der Waals surface area contributed by atoms with Crippen molar-refractivity contribution < 1.29 is 4.74 Å². The molecule has 1 N–H and O–H groups in total. The molecule has 0 aromatic heterocycles. The summed E-state index contributed by atoms with van der Waals surface area (Å²) in [6.45, 7) is 11.6. The molecule has 2 nitrogen and oxygen atoms in total. The highest BCUT2D eigenvalue weighted by molar-refractivity contribution is 5.37. The Hall–Kier alpha value is -0.860. The summed E-state index contributed by atoms with van der Waals surface area (Å²) in [5.74, 6) is 0.614. The molecule has 0 amide bonds. The van der Waals surface area contributed by atoms with Crippen LogP contribution in [0.15, 0.2) is 24.3 Å². The Balaban J connectivity index is 1.88. The Labute approximate surface area is 117 Å². The van der Waals surface area contributed by atoms with Crippen LogP contribution in [0.2, 0.25) is 0 Å². The van der Waals surface area contributed by atoms with Crippen LogP contribution < -0.4 is 5.32 Å². The lowest BCUT2D eigenvalue weighted by Crippen LogP contribution is -2.33. The second-order valence-corrected chi connectivity index (χ2v) is 6.72. The molecule has 1 unspecified atom stereocenters. The molecule has 1 aromatic rings. The summed E-state index contributed by atoms with van der Waals surface area (Å²) in [7, 11) is 0. The molecule has 0 saturated heterocycles. The maximum atomic E-state index is 5.65. The zero-order valence-corrected chi connectivity index (χ0v) is 12.7. The van der Waals surface area contributed by atoms with E-state index < -0.39 is 0 Å². The average Bonchev–Trinajstić information content (AvgIpc) is 2.59. The summed E-state index contributed by atoms with van der Waals surface area (Å²) in [5.41, 5.74) is 3.26. The van der Waals surface area contributed by atoms with Crippen LogP contribution in [0.25, 0.3) is 0 Å². The van der Waals surface area contributed by atoms with E-state index in [1.807, 2.05) is 0 Å². The lowest BCUT2D eigenvalue weighted by molar-refractivity contribution is 0.106. The third kappa shape index (κ3) is 3.58. The smallest absolute Gasteiger partial charge is 0.0591 e. The van der Waals surface area contributed by atoms with Gasteiger partial charge in [-0.1, -0.05) is 52.0 Å². The number of hydrogen-bond donors (Lipinski definition) is 1. The first-order valence-electron chi connectivity index (χ1n) is 7.39. The van der Waals surface area contributed by atoms with Crippen LogP contribution >= 0.6 is 0 Å². The second-order valence-electron chi connectivity index (χ2n) is 6.72. The fraction of sp³-hybridized carbons (Fsp3) is 0.647.